The third kappa shape index (κ3) is 4.94. The van der Waals surface area contributed by atoms with Gasteiger partial charge >= 0.3 is 0 Å². The largest absolute Gasteiger partial charge is 0.381 e. The molecule has 0 radical (unpaired) electrons. The summed E-state index contributed by atoms with van der Waals surface area (Å²) in [6, 6.07) is 0.303. The highest BCUT2D eigenvalue weighted by Crippen LogP contribution is 2.33. The summed E-state index contributed by atoms with van der Waals surface area (Å²) in [6.45, 7) is 5.74. The Kier molecular flexibility index (Phi) is 7.66. The molecule has 9 nitrogen and oxygen atoms in total. The Bertz CT molecular complexity index is 658. The number of hydrazine groups is 3. The molecule has 2 amide bonds. The third-order valence-electron chi connectivity index (χ3n) is 7.88. The summed E-state index contributed by atoms with van der Waals surface area (Å²) in [7, 11) is 1.60. The molecule has 10 heteroatoms. The number of carbonyl (C=O) groups excluding carboxylic acids is 2. The van der Waals surface area contributed by atoms with Gasteiger partial charge in [0, 0.05) is 50.7 Å². The van der Waals surface area contributed by atoms with E-state index in [0.29, 0.717) is 25.6 Å². The van der Waals surface area contributed by atoms with Gasteiger partial charge in [0.1, 0.15) is 6.17 Å². The predicted octanol–water partition coefficient (Wildman–Crippen LogP) is 0.933. The fourth-order valence-corrected chi connectivity index (χ4v) is 6.08. The van der Waals surface area contributed by atoms with E-state index in [-0.39, 0.29) is 42.3 Å². The summed E-state index contributed by atoms with van der Waals surface area (Å²) in [4.78, 5) is 30.3. The maximum Gasteiger partial charge on any atom is 0.228 e. The number of piperazine rings is 1. The number of hydrogen-bond acceptors (Lipinski definition) is 7. The van der Waals surface area contributed by atoms with Crippen LogP contribution < -0.4 is 16.5 Å². The minimum absolute atomic E-state index is 0.0430. The lowest BCUT2D eigenvalue weighted by Gasteiger charge is -2.47. The van der Waals surface area contributed by atoms with E-state index in [0.717, 1.165) is 38.8 Å². The number of rotatable bonds is 4. The molecule has 4 rings (SSSR count). The molecule has 5 atom stereocenters. The van der Waals surface area contributed by atoms with Gasteiger partial charge in [-0.3, -0.25) is 9.59 Å². The summed E-state index contributed by atoms with van der Waals surface area (Å²) in [6.07, 6.45) is 4.02. The number of halogens is 1. The van der Waals surface area contributed by atoms with Crippen LogP contribution in [-0.2, 0) is 14.3 Å². The van der Waals surface area contributed by atoms with E-state index >= 15 is 0 Å². The smallest absolute Gasteiger partial charge is 0.228 e. The van der Waals surface area contributed by atoms with E-state index in [9.17, 15) is 14.0 Å². The summed E-state index contributed by atoms with van der Waals surface area (Å²) >= 11 is 0. The molecule has 0 aromatic heterocycles. The number of hydrogen-bond donors (Lipinski definition) is 3. The Morgan fingerprint density at radius 2 is 1.66 bits per heavy atom. The van der Waals surface area contributed by atoms with Crippen LogP contribution in [0.5, 0.6) is 0 Å². The van der Waals surface area contributed by atoms with Crippen LogP contribution in [0.4, 0.5) is 4.39 Å². The van der Waals surface area contributed by atoms with E-state index in [1.54, 1.807) is 12.0 Å². The molecule has 2 saturated carbocycles. The molecule has 2 aliphatic heterocycles. The van der Waals surface area contributed by atoms with Crippen LogP contribution in [0.25, 0.3) is 0 Å². The molecule has 4 aliphatic rings. The molecule has 0 aromatic rings. The number of methoxy groups -OCH3 is 1. The molecular formula is C22H39FN6O3. The molecule has 0 aromatic carbocycles. The number of amides is 2. The van der Waals surface area contributed by atoms with Crippen LogP contribution in [0.1, 0.15) is 58.8 Å². The molecular weight excluding hydrogens is 415 g/mol. The summed E-state index contributed by atoms with van der Waals surface area (Å²) in [5.74, 6) is -0.424. The Labute approximate surface area is 190 Å². The normalized spacial score (nSPS) is 39.3. The van der Waals surface area contributed by atoms with Crippen molar-refractivity contribution in [2.24, 2.45) is 11.8 Å². The highest BCUT2D eigenvalue weighted by Gasteiger charge is 2.43. The highest BCUT2D eigenvalue weighted by atomic mass is 19.1. The Hall–Kier alpha value is -1.33. The first-order valence-corrected chi connectivity index (χ1v) is 12.2. The van der Waals surface area contributed by atoms with Gasteiger partial charge in [-0.2, -0.15) is 11.1 Å². The first kappa shape index (κ1) is 23.8. The quantitative estimate of drug-likeness (QED) is 0.582. The summed E-state index contributed by atoms with van der Waals surface area (Å²) in [5, 5.41) is 2.15. The predicted molar refractivity (Wildman–Crippen MR) is 117 cm³/mol. The first-order chi connectivity index (χ1) is 15.4. The van der Waals surface area contributed by atoms with Gasteiger partial charge in [-0.15, -0.1) is 0 Å². The Morgan fingerprint density at radius 3 is 2.22 bits per heavy atom. The molecule has 32 heavy (non-hydrogen) atoms. The highest BCUT2D eigenvalue weighted by molar-refractivity contribution is 5.82. The van der Waals surface area contributed by atoms with Crippen LogP contribution in [-0.4, -0.2) is 83.9 Å². The zero-order valence-electron chi connectivity index (χ0n) is 19.6. The van der Waals surface area contributed by atoms with Crippen LogP contribution in [0.2, 0.25) is 0 Å². The lowest BCUT2D eigenvalue weighted by Crippen LogP contribution is -2.62. The number of nitrogens with zero attached hydrogens (tertiary/aromatic N) is 3. The third-order valence-corrected chi connectivity index (χ3v) is 7.88. The molecule has 0 spiro atoms. The van der Waals surface area contributed by atoms with Gasteiger partial charge in [0.15, 0.2) is 0 Å². The molecule has 4 fully saturated rings. The van der Waals surface area contributed by atoms with Crippen molar-refractivity contribution in [1.82, 2.24) is 31.3 Å². The summed E-state index contributed by atoms with van der Waals surface area (Å²) in [5.41, 5.74) is 9.04. The van der Waals surface area contributed by atoms with Gasteiger partial charge in [0.2, 0.25) is 11.8 Å². The van der Waals surface area contributed by atoms with Gasteiger partial charge in [-0.1, -0.05) is 0 Å². The molecule has 2 saturated heterocycles. The van der Waals surface area contributed by atoms with Crippen molar-refractivity contribution in [1.29, 1.82) is 0 Å². The zero-order valence-corrected chi connectivity index (χ0v) is 19.6. The second-order valence-electron chi connectivity index (χ2n) is 10.0. The average molecular weight is 455 g/mol. The fourth-order valence-electron chi connectivity index (χ4n) is 6.08. The van der Waals surface area contributed by atoms with Gasteiger partial charge in [-0.05, 0) is 52.4 Å². The monoisotopic (exact) mass is 454 g/mol. The minimum Gasteiger partial charge on any atom is -0.381 e. The van der Waals surface area contributed by atoms with E-state index in [2.05, 4.69) is 21.5 Å². The molecule has 182 valence electrons. The Balaban J connectivity index is 1.31. The summed E-state index contributed by atoms with van der Waals surface area (Å²) < 4.78 is 19.9. The van der Waals surface area contributed by atoms with E-state index in [4.69, 9.17) is 4.74 Å². The minimum atomic E-state index is -1.16. The van der Waals surface area contributed by atoms with Crippen molar-refractivity contribution in [3.05, 3.63) is 0 Å². The maximum absolute atomic E-state index is 14.7. The van der Waals surface area contributed by atoms with Crippen LogP contribution in [0, 0.1) is 11.8 Å². The van der Waals surface area contributed by atoms with Crippen molar-refractivity contribution in [3.8, 4) is 0 Å². The number of alkyl halides is 1. The van der Waals surface area contributed by atoms with Gasteiger partial charge in [0.25, 0.3) is 0 Å². The first-order valence-electron chi connectivity index (χ1n) is 12.2. The standard InChI is InChI=1S/C22H39FN6O3/c1-14-11-27(22(31)19-9-8-18(32-3)10-20(19)23)12-15(2)29(14)21(30)16-4-6-17(7-5-16)28-13-24-25-26-28/h14-20,24-26H,4-13H2,1-3H3/t14-,15-,16?,17?,18?,19?,20?/m1/s1. The lowest BCUT2D eigenvalue weighted by molar-refractivity contribution is -0.154. The van der Waals surface area contributed by atoms with Crippen LogP contribution in [0.15, 0.2) is 0 Å². The maximum atomic E-state index is 14.7. The molecule has 3 N–H and O–H groups in total. The van der Waals surface area contributed by atoms with Crippen molar-refractivity contribution in [2.75, 3.05) is 26.9 Å². The van der Waals surface area contributed by atoms with Crippen LogP contribution in [0.3, 0.4) is 0 Å². The van der Waals surface area contributed by atoms with Crippen molar-refractivity contribution >= 4 is 11.8 Å². The second kappa shape index (κ2) is 10.3. The van der Waals surface area contributed by atoms with Crippen molar-refractivity contribution < 1.29 is 18.7 Å². The van der Waals surface area contributed by atoms with E-state index in [1.807, 2.05) is 18.7 Å². The second-order valence-corrected chi connectivity index (χ2v) is 10.0. The van der Waals surface area contributed by atoms with Gasteiger partial charge in [0.05, 0.1) is 18.7 Å². The number of carbonyl (C=O) groups is 2. The van der Waals surface area contributed by atoms with Gasteiger partial charge < -0.3 is 14.5 Å². The van der Waals surface area contributed by atoms with Gasteiger partial charge in [-0.25, -0.2) is 14.8 Å². The SMILES string of the molecule is COC1CCC(C(=O)N2C[C@@H](C)N(C(=O)C3CCC(N4CNNN4)CC3)[C@H](C)C2)C(F)C1. The lowest BCUT2D eigenvalue weighted by atomic mass is 9.83. The topological polar surface area (TPSA) is 89.2 Å². The van der Waals surface area contributed by atoms with E-state index in [1.165, 1.54) is 0 Å². The van der Waals surface area contributed by atoms with Crippen LogP contribution >= 0.6 is 0 Å². The fraction of sp³-hybridized carbons (Fsp3) is 0.909. The number of ether oxygens (including phenoxy) is 1. The average Bonchev–Trinajstić information content (AvgIpc) is 3.33. The zero-order chi connectivity index (χ0) is 22.8. The number of nitrogens with one attached hydrogen (secondary N) is 3. The molecule has 2 heterocycles. The van der Waals surface area contributed by atoms with E-state index < -0.39 is 12.1 Å². The molecule has 3 unspecified atom stereocenters. The van der Waals surface area contributed by atoms with Crippen molar-refractivity contribution in [2.45, 2.75) is 89.2 Å². The van der Waals surface area contributed by atoms with Crippen molar-refractivity contribution in [3.63, 3.8) is 0 Å². The molecule has 0 bridgehead atoms. The Morgan fingerprint density at radius 1 is 0.969 bits per heavy atom. The molecule has 2 aliphatic carbocycles.